The second kappa shape index (κ2) is 27.5. The fourth-order valence-corrected chi connectivity index (χ4v) is 8.43. The van der Waals surface area contributed by atoms with Gasteiger partial charge in [-0.3, -0.25) is 0 Å². The highest BCUT2D eigenvalue weighted by Gasteiger charge is 2.56. The Balaban J connectivity index is 1.70. The number of hydrogen-bond donors (Lipinski definition) is 3. The summed E-state index contributed by atoms with van der Waals surface area (Å²) < 4.78 is 57.5. The number of thioether (sulfide) groups is 1. The molecule has 0 spiro atoms. The molecule has 0 amide bonds. The first-order chi connectivity index (χ1) is 29.7. The van der Waals surface area contributed by atoms with Crippen molar-refractivity contribution in [3.05, 3.63) is 50.7 Å². The van der Waals surface area contributed by atoms with Crippen molar-refractivity contribution in [2.45, 2.75) is 182 Å². The van der Waals surface area contributed by atoms with Gasteiger partial charge in [0, 0.05) is 41.1 Å². The minimum atomic E-state index is -1.50. The zero-order chi connectivity index (χ0) is 44.1. The molecule has 3 aliphatic heterocycles. The lowest BCUT2D eigenvalue weighted by Crippen LogP contribution is -2.67. The van der Waals surface area contributed by atoms with Crippen molar-refractivity contribution in [1.29, 1.82) is 0 Å². The van der Waals surface area contributed by atoms with Crippen molar-refractivity contribution >= 4 is 18.0 Å². The third-order valence-corrected chi connectivity index (χ3v) is 11.9. The number of aliphatic hydroxyl groups excluding tert-OH is 3. The summed E-state index contributed by atoms with van der Waals surface area (Å²) in [6, 6.07) is 5.29. The molecule has 61 heavy (non-hydrogen) atoms. The molecule has 15 atom stereocenters. The summed E-state index contributed by atoms with van der Waals surface area (Å²) in [7, 11) is 0. The van der Waals surface area contributed by atoms with Crippen LogP contribution in [0.15, 0.2) is 39.4 Å². The van der Waals surface area contributed by atoms with Crippen molar-refractivity contribution in [2.75, 3.05) is 39.6 Å². The Morgan fingerprint density at radius 2 is 1.18 bits per heavy atom. The average molecular weight is 883 g/mol. The smallest absolute Gasteiger partial charge is 0.187 e. The summed E-state index contributed by atoms with van der Waals surface area (Å²) in [6.45, 7) is 10.0. The largest absolute Gasteiger partial charge is 0.394 e. The van der Waals surface area contributed by atoms with Gasteiger partial charge in [-0.1, -0.05) is 93.1 Å². The van der Waals surface area contributed by atoms with Crippen molar-refractivity contribution in [1.82, 2.24) is 0 Å². The molecule has 344 valence electrons. The predicted octanol–water partition coefficient (Wildman–Crippen LogP) is 5.68. The van der Waals surface area contributed by atoms with Crippen molar-refractivity contribution in [3.63, 3.8) is 0 Å². The van der Waals surface area contributed by atoms with Crippen LogP contribution in [-0.4, -0.2) is 152 Å². The van der Waals surface area contributed by atoms with E-state index in [4.69, 9.17) is 42.6 Å². The molecular formula is C41H66N6O13S. The molecule has 1 aromatic rings. The van der Waals surface area contributed by atoms with Crippen LogP contribution in [0, 0.1) is 6.92 Å². The maximum atomic E-state index is 13.1. The molecule has 6 unspecified atom stereocenters. The Kier molecular flexibility index (Phi) is 23.0. The second-order valence-electron chi connectivity index (χ2n) is 15.3. The van der Waals surface area contributed by atoms with E-state index in [2.05, 4.69) is 20.1 Å². The molecule has 0 saturated carbocycles. The van der Waals surface area contributed by atoms with Crippen molar-refractivity contribution < 1.29 is 62.7 Å². The Morgan fingerprint density at radius 1 is 0.672 bits per heavy atom. The summed E-state index contributed by atoms with van der Waals surface area (Å²) >= 11 is 1.23. The van der Waals surface area contributed by atoms with E-state index < -0.39 is 104 Å². The van der Waals surface area contributed by atoms with Crippen molar-refractivity contribution in [3.8, 4) is 0 Å². The third-order valence-electron chi connectivity index (χ3n) is 10.7. The molecule has 4 rings (SSSR count). The van der Waals surface area contributed by atoms with Crippen LogP contribution in [0.25, 0.3) is 20.9 Å². The number of rotatable bonds is 27. The van der Waals surface area contributed by atoms with Crippen molar-refractivity contribution in [2.24, 2.45) is 10.2 Å². The number of hydrogen-bond acceptors (Lipinski definition) is 16. The number of azide groups is 2. The van der Waals surface area contributed by atoms with Crippen LogP contribution in [0.5, 0.6) is 0 Å². The number of carbonyl (C=O) groups excluding carboxylic acids is 1. The number of nitrogens with zero attached hydrogens (tertiary/aromatic N) is 6. The lowest BCUT2D eigenvalue weighted by atomic mass is 9.94. The maximum absolute atomic E-state index is 13.1. The first-order valence-corrected chi connectivity index (χ1v) is 22.5. The van der Waals surface area contributed by atoms with Gasteiger partial charge >= 0.3 is 0 Å². The standard InChI is InChI=1S/C41H66N6O13S/c1-6-10-18-52-34-28(23-49)56-39(31(45-47-43)36(34)53-19-11-7-2)60-35-29(24-50)57-40(38(55-21-13-9-4)37(35)54-20-12-8-3)59-33-27(22-48)58-41(30(32(33)51)44-46-42)61-26-16-14-25(5)15-17-26/h14-17,24,27-41,48-49,51H,6-13,18-23H2,1-5H3/t27?,28?,29?,30?,31-,32+,33+,34+,35+,36?,37?,38-,39+,40-,41-/m0/s1. The van der Waals surface area contributed by atoms with Gasteiger partial charge in [-0.25, -0.2) is 0 Å². The van der Waals surface area contributed by atoms with Crippen LogP contribution in [0.4, 0.5) is 0 Å². The zero-order valence-electron chi connectivity index (χ0n) is 36.0. The predicted molar refractivity (Wildman–Crippen MR) is 223 cm³/mol. The lowest BCUT2D eigenvalue weighted by Gasteiger charge is -2.50. The first kappa shape index (κ1) is 51.0. The SMILES string of the molecule is CCCCOC1[C@H](OCCCC)C(CO)O[C@H](O[C@@H]2C(C=O)O[C@@H](O[C@@H]3C(CO)O[C@@H](Sc4ccc(C)cc4)C(N=[N+]=[N-])[C@H]3O)[C@@H](OCCCC)C2OCCCC)[C@H]1N=[N+]=[N-]. The van der Waals surface area contributed by atoms with Crippen LogP contribution < -0.4 is 0 Å². The van der Waals surface area contributed by atoms with Gasteiger partial charge in [0.1, 0.15) is 66.4 Å². The van der Waals surface area contributed by atoms with Gasteiger partial charge in [-0.15, -0.1) is 0 Å². The highest BCUT2D eigenvalue weighted by atomic mass is 32.2. The first-order valence-electron chi connectivity index (χ1n) is 21.6. The van der Waals surface area contributed by atoms with E-state index in [-0.39, 0.29) is 13.2 Å². The Bertz CT molecular complexity index is 1510. The number of aliphatic hydroxyl groups is 3. The minimum absolute atomic E-state index is 0.220. The van der Waals surface area contributed by atoms with Gasteiger partial charge in [0.2, 0.25) is 0 Å². The third kappa shape index (κ3) is 14.2. The molecule has 0 bridgehead atoms. The number of aldehydes is 1. The lowest BCUT2D eigenvalue weighted by molar-refractivity contribution is -0.361. The number of aryl methyl sites for hydroxylation is 1. The molecule has 0 aliphatic carbocycles. The van der Waals surface area contributed by atoms with Crippen LogP contribution in [0.1, 0.15) is 84.6 Å². The molecular weight excluding hydrogens is 817 g/mol. The van der Waals surface area contributed by atoms with E-state index in [0.29, 0.717) is 38.8 Å². The zero-order valence-corrected chi connectivity index (χ0v) is 36.8. The number of ether oxygens (including phenoxy) is 9. The average Bonchev–Trinajstić information content (AvgIpc) is 3.26. The fourth-order valence-electron chi connectivity index (χ4n) is 7.32. The number of unbranched alkanes of at least 4 members (excludes halogenated alkanes) is 4. The maximum Gasteiger partial charge on any atom is 0.187 e. The van der Waals surface area contributed by atoms with Gasteiger partial charge in [0.25, 0.3) is 0 Å². The normalized spacial score (nSPS) is 34.0. The molecule has 3 N–H and O–H groups in total. The number of carbonyl (C=O) groups is 1. The molecule has 0 radical (unpaired) electrons. The van der Waals surface area contributed by atoms with E-state index in [0.717, 1.165) is 42.6 Å². The van der Waals surface area contributed by atoms with E-state index in [1.54, 1.807) is 0 Å². The molecule has 20 heteroatoms. The monoisotopic (exact) mass is 882 g/mol. The van der Waals surface area contributed by atoms with E-state index in [1.807, 2.05) is 58.9 Å². The van der Waals surface area contributed by atoms with E-state index in [9.17, 15) is 31.2 Å². The van der Waals surface area contributed by atoms with Gasteiger partial charge < -0.3 is 62.7 Å². The van der Waals surface area contributed by atoms with Gasteiger partial charge in [0.15, 0.2) is 18.9 Å². The van der Waals surface area contributed by atoms with Gasteiger partial charge in [-0.2, -0.15) is 0 Å². The summed E-state index contributed by atoms with van der Waals surface area (Å²) in [5.41, 5.74) is 19.5. The van der Waals surface area contributed by atoms with E-state index in [1.165, 1.54) is 11.8 Å². The van der Waals surface area contributed by atoms with Crippen LogP contribution in [-0.2, 0) is 47.4 Å². The van der Waals surface area contributed by atoms with Crippen LogP contribution >= 0.6 is 11.8 Å². The highest BCUT2D eigenvalue weighted by molar-refractivity contribution is 7.99. The Morgan fingerprint density at radius 3 is 1.72 bits per heavy atom. The molecule has 3 saturated heterocycles. The number of benzene rings is 1. The van der Waals surface area contributed by atoms with Gasteiger partial charge in [-0.05, 0) is 55.8 Å². The topological polar surface area (TPSA) is 258 Å². The molecule has 19 nitrogen and oxygen atoms in total. The van der Waals surface area contributed by atoms with Crippen LogP contribution in [0.2, 0.25) is 0 Å². The second-order valence-corrected chi connectivity index (χ2v) is 16.5. The molecule has 3 heterocycles. The van der Waals surface area contributed by atoms with E-state index >= 15 is 0 Å². The summed E-state index contributed by atoms with van der Waals surface area (Å²) in [5, 5.41) is 40.9. The summed E-state index contributed by atoms with van der Waals surface area (Å²) in [5.74, 6) is 0. The summed E-state index contributed by atoms with van der Waals surface area (Å²) in [4.78, 5) is 19.9. The molecule has 3 aliphatic rings. The Labute approximate surface area is 362 Å². The minimum Gasteiger partial charge on any atom is -0.394 e. The van der Waals surface area contributed by atoms with Crippen LogP contribution in [0.3, 0.4) is 0 Å². The molecule has 0 aromatic heterocycles. The highest BCUT2D eigenvalue weighted by Crippen LogP contribution is 2.39. The summed E-state index contributed by atoms with van der Waals surface area (Å²) in [6.07, 6.45) is -7.72. The molecule has 1 aromatic carbocycles. The molecule has 3 fully saturated rings. The van der Waals surface area contributed by atoms with Gasteiger partial charge in [0.05, 0.1) is 25.4 Å². The fraction of sp³-hybridized carbons (Fsp3) is 0.829. The Hall–Kier alpha value is -2.62. The quantitative estimate of drug-likeness (QED) is 0.0316.